The minimum Gasteiger partial charge on any atom is -0.508 e. The molecule has 4 aromatic rings. The summed E-state index contributed by atoms with van der Waals surface area (Å²) in [5.41, 5.74) is 13.5. The highest BCUT2D eigenvalue weighted by Crippen LogP contribution is 2.29. The number of ketones is 4. The number of nitrogens with two attached hydrogens (primary N) is 2. The molecule has 12 N–H and O–H groups in total. The molecule has 0 saturated carbocycles. The third-order valence-electron chi connectivity index (χ3n) is 15.8. The number of carbonyl (C=O) groups is 5. The average Bonchev–Trinajstić information content (AvgIpc) is 1.69. The number of nitrogens with one attached hydrogen (secondary N) is 2. The van der Waals surface area contributed by atoms with E-state index in [1.165, 1.54) is 24.3 Å². The van der Waals surface area contributed by atoms with Crippen LogP contribution >= 0.6 is 0 Å². The smallest absolute Gasteiger partial charge is 0.321 e. The molecule has 3 aromatic carbocycles. The van der Waals surface area contributed by atoms with E-state index in [4.69, 9.17) is 21.7 Å². The van der Waals surface area contributed by atoms with E-state index in [0.29, 0.717) is 42.8 Å². The highest BCUT2D eigenvalue weighted by molar-refractivity contribution is 5.91. The van der Waals surface area contributed by atoms with Gasteiger partial charge in [-0.25, -0.2) is 0 Å². The molecule has 0 radical (unpaired) electrons. The van der Waals surface area contributed by atoms with Crippen LogP contribution in [0.2, 0.25) is 0 Å². The zero-order valence-corrected chi connectivity index (χ0v) is 70.8. The quantitative estimate of drug-likeness (QED) is 0.0118. The number of rotatable bonds is 34. The maximum atomic E-state index is 12.1. The minimum absolute atomic E-state index is 0.0231. The van der Waals surface area contributed by atoms with Gasteiger partial charge in [-0.15, -0.1) is 0 Å². The van der Waals surface area contributed by atoms with E-state index in [0.717, 1.165) is 106 Å². The van der Waals surface area contributed by atoms with E-state index in [1.807, 2.05) is 136 Å². The van der Waals surface area contributed by atoms with Crippen LogP contribution in [0.5, 0.6) is 28.7 Å². The minimum atomic E-state index is -0.947. The Morgan fingerprint density at radius 2 is 0.798 bits per heavy atom. The van der Waals surface area contributed by atoms with Crippen LogP contribution in [0.15, 0.2) is 194 Å². The fourth-order valence-corrected chi connectivity index (χ4v) is 9.49. The lowest BCUT2D eigenvalue weighted by atomic mass is 9.84. The standard InChI is InChI=1S/C16H26O.C15H20N2O2.C15H26O.C13H19NO4.C13H19NO3.2C11H18/c1-5-6-7-8-9-10-11-12-13-14-15(17)16(2,3)4;1-15(2,3)14(19)12(16)6-9-8-17-13-5-4-10(18)7-11(9)13;1-5-6-7-8-9-10-11-12-13-14(16)15(2,3)4;1-13(2,3)14-9(12(17)18)6-8-4-5-10(15)11(16)7-8;1-13(2,3)12(17)9(14)6-8-4-5-10(15)11(16)7-8;2*1-3-5-7-9-11-10-8-6-4-2/h6-7,9-10,12-13H,5,8,11,14H2,1-4H3;4-5,7-8,12,17-18H,6,16H2,1-3H3;6-7,9-10H,5,8,11-13H2,1-4H3;4-5,7,9,14-16H,6H2,1-3H3,(H,17,18);4-5,7,9,15-16H,6,14H2,1-3H3;2*3,5-6,8-9,11H,4,7,10H2,1-2H3/b7-6-,10-9-,13-12-;;7-6-,10-9-;;;2*5-3-,8-6-,11-9-/t;12-;;2*9-;;/m.0.00../s1. The Bertz CT molecular complexity index is 3500. The van der Waals surface area contributed by atoms with Gasteiger partial charge in [0.15, 0.2) is 34.6 Å². The van der Waals surface area contributed by atoms with Crippen LogP contribution < -0.4 is 16.8 Å². The number of benzene rings is 3. The summed E-state index contributed by atoms with van der Waals surface area (Å²) in [6.07, 6.45) is 65.3. The highest BCUT2D eigenvalue weighted by Gasteiger charge is 2.29. The van der Waals surface area contributed by atoms with Gasteiger partial charge in [-0.1, -0.05) is 257 Å². The summed E-state index contributed by atoms with van der Waals surface area (Å²) in [4.78, 5) is 61.5. The van der Waals surface area contributed by atoms with Gasteiger partial charge in [-0.2, -0.15) is 0 Å². The molecule has 0 unspecified atom stereocenters. The van der Waals surface area contributed by atoms with Crippen LogP contribution in [0.4, 0.5) is 0 Å². The second kappa shape index (κ2) is 59.3. The van der Waals surface area contributed by atoms with Crippen LogP contribution in [0.25, 0.3) is 10.9 Å². The number of carbonyl (C=O) groups excluding carboxylic acids is 4. The van der Waals surface area contributed by atoms with Crippen molar-refractivity contribution in [2.24, 2.45) is 33.1 Å². The molecule has 0 fully saturated rings. The van der Waals surface area contributed by atoms with Crippen LogP contribution in [0.3, 0.4) is 0 Å². The first-order chi connectivity index (χ1) is 51.0. The number of carboxylic acid groups (broad SMARTS) is 1. The molecule has 3 atom stereocenters. The molecule has 15 nitrogen and oxygen atoms in total. The number of aromatic nitrogens is 1. The predicted octanol–water partition coefficient (Wildman–Crippen LogP) is 22.7. The number of phenols is 5. The molecule has 0 bridgehead atoms. The molecule has 0 spiro atoms. The van der Waals surface area contributed by atoms with Gasteiger partial charge in [0.05, 0.1) is 12.1 Å². The molecule has 608 valence electrons. The lowest BCUT2D eigenvalue weighted by Gasteiger charge is -2.26. The summed E-state index contributed by atoms with van der Waals surface area (Å²) in [5.74, 6) is -0.881. The average molecular weight is 1510 g/mol. The van der Waals surface area contributed by atoms with Gasteiger partial charge in [0, 0.05) is 57.1 Å². The topological polar surface area (TPSA) is 287 Å². The van der Waals surface area contributed by atoms with Crippen molar-refractivity contribution in [2.45, 2.75) is 285 Å². The van der Waals surface area contributed by atoms with Gasteiger partial charge < -0.3 is 47.1 Å². The number of phenolic OH excluding ortho intramolecular Hbond substituents is 5. The van der Waals surface area contributed by atoms with Gasteiger partial charge in [-0.3, -0.25) is 29.3 Å². The van der Waals surface area contributed by atoms with Crippen molar-refractivity contribution < 1.29 is 54.6 Å². The monoisotopic (exact) mass is 1510 g/mol. The molecular formula is C94H146N4O11. The largest absolute Gasteiger partial charge is 0.508 e. The Hall–Kier alpha value is -8.63. The Morgan fingerprint density at radius 3 is 1.16 bits per heavy atom. The number of aromatic hydroxyl groups is 5. The van der Waals surface area contributed by atoms with Crippen LogP contribution in [0, 0.1) is 21.7 Å². The van der Waals surface area contributed by atoms with Gasteiger partial charge in [-0.05, 0) is 197 Å². The maximum absolute atomic E-state index is 12.1. The number of aromatic amines is 1. The molecule has 0 aliphatic heterocycles. The normalized spacial score (nSPS) is 13.1. The maximum Gasteiger partial charge on any atom is 0.321 e. The summed E-state index contributed by atoms with van der Waals surface area (Å²) in [5, 5.41) is 59.7. The van der Waals surface area contributed by atoms with Gasteiger partial charge >= 0.3 is 5.97 Å². The SMILES string of the molecule is C/C=C\C/C=C\C/C=C\CC.C/C=C\C/C=C\C/C=C\CC.CC(C)(C)C(=O)[C@@H](N)Cc1c[nH]c2ccc(O)cc12.CC(C)(C)C(=O)[C@@H](N)Cc1ccc(O)c(O)c1.CC(C)(C)N[C@@H](Cc1ccc(O)c(O)c1)C(=O)O.CC/C=C\C/C=C\C/C=C\CC(=O)C(C)(C)C.CC/C=C\C/C=C\CCCC(=O)C(C)(C)C. The van der Waals surface area contributed by atoms with Gasteiger partial charge in [0.25, 0.3) is 0 Å². The summed E-state index contributed by atoms with van der Waals surface area (Å²) >= 11 is 0. The first-order valence-electron chi connectivity index (χ1n) is 39.0. The van der Waals surface area contributed by atoms with E-state index < -0.39 is 34.9 Å². The molecule has 1 aromatic heterocycles. The zero-order valence-electron chi connectivity index (χ0n) is 70.8. The first-order valence-corrected chi connectivity index (χ1v) is 39.0. The molecule has 1 heterocycles. The van der Waals surface area contributed by atoms with Crippen molar-refractivity contribution in [3.8, 4) is 28.7 Å². The van der Waals surface area contributed by atoms with Crippen molar-refractivity contribution in [3.05, 3.63) is 211 Å². The molecule has 15 heteroatoms. The number of fused-ring (bicyclic) bond motifs is 1. The molecule has 0 aliphatic rings. The predicted molar refractivity (Wildman–Crippen MR) is 463 cm³/mol. The number of carboxylic acids is 1. The molecule has 0 aliphatic carbocycles. The fraction of sp³-hybridized carbons (Fsp3) is 0.500. The van der Waals surface area contributed by atoms with Crippen molar-refractivity contribution in [1.29, 1.82) is 0 Å². The lowest BCUT2D eigenvalue weighted by molar-refractivity contribution is -0.140. The van der Waals surface area contributed by atoms with E-state index in [1.54, 1.807) is 24.3 Å². The molecular weight excluding hydrogens is 1360 g/mol. The third-order valence-corrected chi connectivity index (χ3v) is 15.8. The van der Waals surface area contributed by atoms with Crippen molar-refractivity contribution in [3.63, 3.8) is 0 Å². The fourth-order valence-electron chi connectivity index (χ4n) is 9.49. The lowest BCUT2D eigenvalue weighted by Crippen LogP contribution is -2.48. The number of unbranched alkanes of at least 4 members (excludes halogenated alkanes) is 1. The van der Waals surface area contributed by atoms with Crippen LogP contribution in [-0.4, -0.2) is 88.4 Å². The van der Waals surface area contributed by atoms with Gasteiger partial charge in [0.1, 0.15) is 23.4 Å². The number of hydrogen-bond acceptors (Lipinski definition) is 13. The number of allylic oxidation sites excluding steroid dienone is 22. The van der Waals surface area contributed by atoms with E-state index in [-0.39, 0.29) is 63.1 Å². The Morgan fingerprint density at radius 1 is 0.431 bits per heavy atom. The summed E-state index contributed by atoms with van der Waals surface area (Å²) in [7, 11) is 0. The Labute approximate surface area is 659 Å². The summed E-state index contributed by atoms with van der Waals surface area (Å²) in [6, 6.07) is 12.0. The summed E-state index contributed by atoms with van der Waals surface area (Å²) in [6.45, 7) is 41.3. The van der Waals surface area contributed by atoms with Crippen molar-refractivity contribution in [2.75, 3.05) is 0 Å². The zero-order chi connectivity index (χ0) is 83.7. The van der Waals surface area contributed by atoms with E-state index in [2.05, 4.69) is 166 Å². The number of Topliss-reactive ketones (excluding diaryl/α,β-unsaturated/α-hetero) is 4. The van der Waals surface area contributed by atoms with Crippen LogP contribution in [-0.2, 0) is 43.2 Å². The third kappa shape index (κ3) is 56.3. The van der Waals surface area contributed by atoms with Crippen LogP contribution in [0.1, 0.15) is 258 Å². The molecule has 0 saturated heterocycles. The molecule has 109 heavy (non-hydrogen) atoms. The van der Waals surface area contributed by atoms with Crippen molar-refractivity contribution >= 4 is 40.0 Å². The molecule has 0 amide bonds. The second-order valence-corrected chi connectivity index (χ2v) is 31.6. The summed E-state index contributed by atoms with van der Waals surface area (Å²) < 4.78 is 0. The van der Waals surface area contributed by atoms with E-state index >= 15 is 0 Å². The highest BCUT2D eigenvalue weighted by atomic mass is 16.4. The Balaban J connectivity index is -0.00000121. The number of H-pyrrole nitrogens is 1. The van der Waals surface area contributed by atoms with Gasteiger partial charge in [0.2, 0.25) is 0 Å². The second-order valence-electron chi connectivity index (χ2n) is 31.6. The first kappa shape index (κ1) is 105. The Kier molecular flexibility index (Phi) is 56.8. The molecule has 4 rings (SSSR count). The van der Waals surface area contributed by atoms with Crippen molar-refractivity contribution in [1.82, 2.24) is 10.3 Å². The number of hydrogen-bond donors (Lipinski definition) is 10. The number of aliphatic carboxylic acids is 1. The van der Waals surface area contributed by atoms with E-state index in [9.17, 15) is 44.4 Å².